The molecule has 1 aliphatic rings. The molecule has 6 heteroatoms. The molecule has 1 rings (SSSR count). The van der Waals surface area contributed by atoms with Crippen LogP contribution in [0.2, 0.25) is 0 Å². The number of terminal acetylenes is 1. The molecule has 0 saturated carbocycles. The van der Waals surface area contributed by atoms with E-state index in [1.54, 1.807) is 0 Å². The van der Waals surface area contributed by atoms with Gasteiger partial charge in [-0.3, -0.25) is 4.79 Å². The lowest BCUT2D eigenvalue weighted by molar-refractivity contribution is -0.137. The molecule has 2 N–H and O–H groups in total. The van der Waals surface area contributed by atoms with Crippen molar-refractivity contribution in [1.29, 1.82) is 0 Å². The molecule has 0 unspecified atom stereocenters. The minimum Gasteiger partial charge on any atom is -0.480 e. The summed E-state index contributed by atoms with van der Waals surface area (Å²) in [5.41, 5.74) is 0. The number of nitrogens with zero attached hydrogens (tertiary/aromatic N) is 2. The van der Waals surface area contributed by atoms with Crippen molar-refractivity contribution in [1.82, 2.24) is 15.1 Å². The number of aliphatic carboxylic acids is 1. The monoisotopic (exact) mass is 281 g/mol. The van der Waals surface area contributed by atoms with Gasteiger partial charge in [-0.1, -0.05) is 5.92 Å². The highest BCUT2D eigenvalue weighted by Crippen LogP contribution is 2.18. The minimum atomic E-state index is -1.06. The van der Waals surface area contributed by atoms with Gasteiger partial charge in [0.1, 0.15) is 6.54 Å². The zero-order chi connectivity index (χ0) is 15.0. The fraction of sp³-hybridized carbons (Fsp3) is 0.714. The van der Waals surface area contributed by atoms with E-state index >= 15 is 0 Å². The molecule has 112 valence electrons. The molecule has 1 heterocycles. The standard InChI is InChI=1S/C14H23N3O3/c1-3-8-17(11-13(18)19)14(20)15-7-4-12-5-9-16(2)10-6-12/h1,12H,4-11H2,2H3,(H,15,20)(H,18,19). The van der Waals surface area contributed by atoms with Gasteiger partial charge in [-0.2, -0.15) is 0 Å². The van der Waals surface area contributed by atoms with Crippen molar-refractivity contribution in [3.63, 3.8) is 0 Å². The van der Waals surface area contributed by atoms with Gasteiger partial charge in [0.2, 0.25) is 0 Å². The van der Waals surface area contributed by atoms with Crippen LogP contribution < -0.4 is 5.32 Å². The van der Waals surface area contributed by atoms with Crippen molar-refractivity contribution in [2.45, 2.75) is 19.3 Å². The molecule has 0 spiro atoms. The molecule has 0 aromatic heterocycles. The van der Waals surface area contributed by atoms with E-state index in [-0.39, 0.29) is 13.1 Å². The van der Waals surface area contributed by atoms with E-state index in [0.717, 1.165) is 37.3 Å². The van der Waals surface area contributed by atoms with Crippen molar-refractivity contribution >= 4 is 12.0 Å². The number of hydrogen-bond acceptors (Lipinski definition) is 3. The van der Waals surface area contributed by atoms with Gasteiger partial charge in [-0.05, 0) is 45.3 Å². The number of likely N-dealkylation sites (tertiary alicyclic amines) is 1. The van der Waals surface area contributed by atoms with Gasteiger partial charge >= 0.3 is 12.0 Å². The number of carboxylic acid groups (broad SMARTS) is 1. The van der Waals surface area contributed by atoms with Crippen LogP contribution >= 0.6 is 0 Å². The van der Waals surface area contributed by atoms with Crippen molar-refractivity contribution in [2.24, 2.45) is 5.92 Å². The summed E-state index contributed by atoms with van der Waals surface area (Å²) in [6.07, 6.45) is 8.36. The molecular weight excluding hydrogens is 258 g/mol. The topological polar surface area (TPSA) is 72.9 Å². The van der Waals surface area contributed by atoms with Crippen LogP contribution in [-0.2, 0) is 4.79 Å². The van der Waals surface area contributed by atoms with Crippen LogP contribution in [-0.4, -0.2) is 66.7 Å². The van der Waals surface area contributed by atoms with E-state index in [0.29, 0.717) is 12.5 Å². The van der Waals surface area contributed by atoms with Gasteiger partial charge in [0.15, 0.2) is 0 Å². The lowest BCUT2D eigenvalue weighted by atomic mass is 9.94. The number of rotatable bonds is 6. The first-order valence-electron chi connectivity index (χ1n) is 6.89. The molecule has 0 aromatic carbocycles. The number of nitrogens with one attached hydrogen (secondary N) is 1. The maximum atomic E-state index is 11.8. The number of urea groups is 1. The van der Waals surface area contributed by atoms with Gasteiger partial charge in [0.05, 0.1) is 6.54 Å². The van der Waals surface area contributed by atoms with E-state index < -0.39 is 12.0 Å². The van der Waals surface area contributed by atoms with E-state index in [1.807, 2.05) is 0 Å². The summed E-state index contributed by atoms with van der Waals surface area (Å²) in [4.78, 5) is 25.9. The van der Waals surface area contributed by atoms with E-state index in [9.17, 15) is 9.59 Å². The van der Waals surface area contributed by atoms with Gasteiger partial charge < -0.3 is 20.2 Å². The Balaban J connectivity index is 2.27. The number of amides is 2. The number of carbonyl (C=O) groups excluding carboxylic acids is 1. The largest absolute Gasteiger partial charge is 0.480 e. The van der Waals surface area contributed by atoms with Crippen LogP contribution in [0.5, 0.6) is 0 Å². The molecular formula is C14H23N3O3. The van der Waals surface area contributed by atoms with E-state index in [2.05, 4.69) is 23.2 Å². The number of carboxylic acids is 1. The molecule has 0 atom stereocenters. The highest BCUT2D eigenvalue weighted by molar-refractivity contribution is 5.80. The van der Waals surface area contributed by atoms with Crippen LogP contribution in [0.25, 0.3) is 0 Å². The predicted molar refractivity (Wildman–Crippen MR) is 76.3 cm³/mol. The molecule has 0 aromatic rings. The zero-order valence-electron chi connectivity index (χ0n) is 12.0. The van der Waals surface area contributed by atoms with Gasteiger partial charge in [0.25, 0.3) is 0 Å². The van der Waals surface area contributed by atoms with Gasteiger partial charge in [-0.25, -0.2) is 4.79 Å². The number of carbonyl (C=O) groups is 2. The van der Waals surface area contributed by atoms with Crippen LogP contribution in [0.1, 0.15) is 19.3 Å². The van der Waals surface area contributed by atoms with Gasteiger partial charge in [-0.15, -0.1) is 6.42 Å². The fourth-order valence-electron chi connectivity index (χ4n) is 2.32. The molecule has 1 saturated heterocycles. The normalized spacial score (nSPS) is 16.4. The molecule has 0 aliphatic carbocycles. The van der Waals surface area contributed by atoms with Gasteiger partial charge in [0, 0.05) is 6.54 Å². The SMILES string of the molecule is C#CCN(CC(=O)O)C(=O)NCCC1CCN(C)CC1. The van der Waals surface area contributed by atoms with Crippen LogP contribution in [0.15, 0.2) is 0 Å². The lowest BCUT2D eigenvalue weighted by Crippen LogP contribution is -2.43. The van der Waals surface area contributed by atoms with Crippen molar-refractivity contribution in [3.05, 3.63) is 0 Å². The second-order valence-electron chi connectivity index (χ2n) is 5.22. The van der Waals surface area contributed by atoms with Crippen molar-refractivity contribution < 1.29 is 14.7 Å². The summed E-state index contributed by atoms with van der Waals surface area (Å²) < 4.78 is 0. The summed E-state index contributed by atoms with van der Waals surface area (Å²) in [5, 5.41) is 11.5. The Morgan fingerprint density at radius 2 is 2.10 bits per heavy atom. The molecule has 0 radical (unpaired) electrons. The Hall–Kier alpha value is -1.74. The van der Waals surface area contributed by atoms with Crippen molar-refractivity contribution in [3.8, 4) is 12.3 Å². The maximum Gasteiger partial charge on any atom is 0.323 e. The number of hydrogen-bond donors (Lipinski definition) is 2. The first-order valence-corrected chi connectivity index (χ1v) is 6.89. The summed E-state index contributed by atoms with van der Waals surface area (Å²) in [7, 11) is 2.11. The molecule has 1 fully saturated rings. The van der Waals surface area contributed by atoms with Crippen molar-refractivity contribution in [2.75, 3.05) is 39.8 Å². The molecule has 0 bridgehead atoms. The third-order valence-electron chi connectivity index (χ3n) is 3.56. The minimum absolute atomic E-state index is 0.00631. The molecule has 2 amide bonds. The average molecular weight is 281 g/mol. The predicted octanol–water partition coefficient (Wildman–Crippen LogP) is 0.448. The second kappa shape index (κ2) is 8.43. The smallest absolute Gasteiger partial charge is 0.323 e. The summed E-state index contributed by atoms with van der Waals surface area (Å²) >= 11 is 0. The summed E-state index contributed by atoms with van der Waals surface area (Å²) in [5.74, 6) is 1.86. The Morgan fingerprint density at radius 1 is 1.45 bits per heavy atom. The Labute approximate surface area is 120 Å². The first kappa shape index (κ1) is 16.3. The van der Waals surface area contributed by atoms with Crippen LogP contribution in [0, 0.1) is 18.3 Å². The first-order chi connectivity index (χ1) is 9.52. The third-order valence-corrected chi connectivity index (χ3v) is 3.56. The zero-order valence-corrected chi connectivity index (χ0v) is 12.0. The Kier molecular flexibility index (Phi) is 6.88. The molecule has 6 nitrogen and oxygen atoms in total. The van der Waals surface area contributed by atoms with Crippen LogP contribution in [0.3, 0.4) is 0 Å². The van der Waals surface area contributed by atoms with E-state index in [4.69, 9.17) is 11.5 Å². The lowest BCUT2D eigenvalue weighted by Gasteiger charge is -2.29. The maximum absolute atomic E-state index is 11.8. The van der Waals surface area contributed by atoms with Crippen LogP contribution in [0.4, 0.5) is 4.79 Å². The van der Waals surface area contributed by atoms with E-state index in [1.165, 1.54) is 0 Å². The summed E-state index contributed by atoms with van der Waals surface area (Å²) in [6, 6.07) is -0.404. The second-order valence-corrected chi connectivity index (χ2v) is 5.22. The molecule has 20 heavy (non-hydrogen) atoms. The number of piperidine rings is 1. The Morgan fingerprint density at radius 3 is 2.65 bits per heavy atom. The quantitative estimate of drug-likeness (QED) is 0.693. The Bertz CT molecular complexity index is 370. The highest BCUT2D eigenvalue weighted by atomic mass is 16.4. The average Bonchev–Trinajstić information content (AvgIpc) is 2.40. The highest BCUT2D eigenvalue weighted by Gasteiger charge is 2.18. The third kappa shape index (κ3) is 5.93. The molecule has 1 aliphatic heterocycles. The summed E-state index contributed by atoms with van der Waals surface area (Å²) in [6.45, 7) is 2.40. The fourth-order valence-corrected chi connectivity index (χ4v) is 2.32.